The standard InChI is InChI=1S/C25H22N2O2S/c28-24-23(22-20-12-6-4-10-18(20)19-11-5-7-13-21(19)22)26-25(29)27(24)17(15-30)14-16-8-2-1-3-9-16/h1-13,17,22-23,30H,14-15H2,(H,26,29). The molecule has 0 spiro atoms. The summed E-state index contributed by atoms with van der Waals surface area (Å²) in [5.74, 6) is 0.0566. The fourth-order valence-corrected chi connectivity index (χ4v) is 5.06. The van der Waals surface area contributed by atoms with Gasteiger partial charge in [-0.2, -0.15) is 12.6 Å². The van der Waals surface area contributed by atoms with Crippen LogP contribution in [0.3, 0.4) is 0 Å². The van der Waals surface area contributed by atoms with Gasteiger partial charge in [-0.15, -0.1) is 0 Å². The molecule has 0 radical (unpaired) electrons. The van der Waals surface area contributed by atoms with Gasteiger partial charge in [-0.3, -0.25) is 9.69 Å². The summed E-state index contributed by atoms with van der Waals surface area (Å²) in [7, 11) is 0. The van der Waals surface area contributed by atoms with E-state index in [0.717, 1.165) is 27.8 Å². The second-order valence-corrected chi connectivity index (χ2v) is 8.18. The highest BCUT2D eigenvalue weighted by Gasteiger charge is 2.48. The van der Waals surface area contributed by atoms with Gasteiger partial charge < -0.3 is 5.32 Å². The monoisotopic (exact) mass is 414 g/mol. The highest BCUT2D eigenvalue weighted by Crippen LogP contribution is 2.47. The van der Waals surface area contributed by atoms with Gasteiger partial charge in [-0.1, -0.05) is 78.9 Å². The summed E-state index contributed by atoms with van der Waals surface area (Å²) < 4.78 is 0. The van der Waals surface area contributed by atoms with Crippen molar-refractivity contribution in [2.24, 2.45) is 0 Å². The molecule has 1 saturated heterocycles. The van der Waals surface area contributed by atoms with Gasteiger partial charge in [-0.05, 0) is 34.2 Å². The second kappa shape index (κ2) is 7.65. The molecule has 1 fully saturated rings. The first-order valence-corrected chi connectivity index (χ1v) is 10.8. The molecule has 150 valence electrons. The molecule has 2 aliphatic rings. The van der Waals surface area contributed by atoms with Crippen molar-refractivity contribution >= 4 is 24.6 Å². The van der Waals surface area contributed by atoms with Crippen molar-refractivity contribution in [1.82, 2.24) is 10.2 Å². The molecular weight excluding hydrogens is 392 g/mol. The first-order valence-electron chi connectivity index (χ1n) is 10.2. The molecular formula is C25H22N2O2S. The topological polar surface area (TPSA) is 49.4 Å². The number of carbonyl (C=O) groups is 2. The summed E-state index contributed by atoms with van der Waals surface area (Å²) in [6, 6.07) is 24.9. The van der Waals surface area contributed by atoms with Crippen LogP contribution in [0.4, 0.5) is 4.79 Å². The lowest BCUT2D eigenvalue weighted by molar-refractivity contribution is -0.129. The Kier molecular flexibility index (Phi) is 4.83. The first kappa shape index (κ1) is 18.9. The normalized spacial score (nSPS) is 18.8. The molecule has 0 saturated carbocycles. The maximum absolute atomic E-state index is 13.5. The molecule has 2 atom stereocenters. The quantitative estimate of drug-likeness (QED) is 0.484. The number of nitrogens with one attached hydrogen (secondary N) is 1. The van der Waals surface area contributed by atoms with Crippen LogP contribution in [0.1, 0.15) is 22.6 Å². The van der Waals surface area contributed by atoms with Crippen molar-refractivity contribution in [3.63, 3.8) is 0 Å². The molecule has 0 aromatic heterocycles. The molecule has 1 aliphatic carbocycles. The van der Waals surface area contributed by atoms with Gasteiger partial charge in [0, 0.05) is 11.7 Å². The van der Waals surface area contributed by atoms with E-state index in [1.807, 2.05) is 54.6 Å². The Bertz CT molecular complexity index is 1070. The van der Waals surface area contributed by atoms with E-state index in [-0.39, 0.29) is 23.9 Å². The number of fused-ring (bicyclic) bond motifs is 3. The number of hydrogen-bond acceptors (Lipinski definition) is 3. The average Bonchev–Trinajstić information content (AvgIpc) is 3.26. The third kappa shape index (κ3) is 3.01. The van der Waals surface area contributed by atoms with Gasteiger partial charge in [-0.25, -0.2) is 4.79 Å². The summed E-state index contributed by atoms with van der Waals surface area (Å²) in [6.07, 6.45) is 0.591. The van der Waals surface area contributed by atoms with Gasteiger partial charge in [0.25, 0.3) is 5.91 Å². The van der Waals surface area contributed by atoms with E-state index in [2.05, 4.69) is 42.2 Å². The number of rotatable bonds is 5. The van der Waals surface area contributed by atoms with Crippen molar-refractivity contribution in [2.75, 3.05) is 5.75 Å². The van der Waals surface area contributed by atoms with E-state index in [1.165, 1.54) is 4.90 Å². The molecule has 3 aromatic rings. The third-order valence-electron chi connectivity index (χ3n) is 6.11. The average molecular weight is 415 g/mol. The lowest BCUT2D eigenvalue weighted by Gasteiger charge is -2.25. The van der Waals surface area contributed by atoms with Crippen LogP contribution in [0, 0.1) is 0 Å². The molecule has 2 unspecified atom stereocenters. The lowest BCUT2D eigenvalue weighted by Crippen LogP contribution is -2.43. The summed E-state index contributed by atoms with van der Waals surface area (Å²) in [5, 5.41) is 2.98. The molecule has 1 heterocycles. The highest BCUT2D eigenvalue weighted by molar-refractivity contribution is 7.80. The predicted molar refractivity (Wildman–Crippen MR) is 121 cm³/mol. The number of hydrogen-bond donors (Lipinski definition) is 2. The number of amides is 3. The number of thiol groups is 1. The maximum Gasteiger partial charge on any atom is 0.325 e. The number of urea groups is 1. The summed E-state index contributed by atoms with van der Waals surface area (Å²) in [5.41, 5.74) is 5.52. The fourth-order valence-electron chi connectivity index (χ4n) is 4.76. The van der Waals surface area contributed by atoms with Crippen molar-refractivity contribution < 1.29 is 9.59 Å². The Balaban J connectivity index is 1.49. The predicted octanol–water partition coefficient (Wildman–Crippen LogP) is 4.26. The first-order chi connectivity index (χ1) is 14.7. The van der Waals surface area contributed by atoms with Gasteiger partial charge in [0.05, 0.1) is 6.04 Å². The zero-order valence-corrected chi connectivity index (χ0v) is 17.3. The SMILES string of the molecule is O=C1NC(C2c3ccccc3-c3ccccc32)C(=O)N1C(CS)Cc1ccccc1. The Labute approximate surface area is 181 Å². The number of carbonyl (C=O) groups excluding carboxylic acids is 2. The van der Waals surface area contributed by atoms with Crippen molar-refractivity contribution in [3.05, 3.63) is 95.6 Å². The highest BCUT2D eigenvalue weighted by atomic mass is 32.1. The molecule has 4 nitrogen and oxygen atoms in total. The Hall–Kier alpha value is -3.05. The van der Waals surface area contributed by atoms with E-state index in [1.54, 1.807) is 0 Å². The zero-order chi connectivity index (χ0) is 20.7. The molecule has 5 rings (SSSR count). The van der Waals surface area contributed by atoms with Gasteiger partial charge in [0.2, 0.25) is 0 Å². The summed E-state index contributed by atoms with van der Waals surface area (Å²) in [6.45, 7) is 0. The van der Waals surface area contributed by atoms with E-state index in [4.69, 9.17) is 0 Å². The van der Waals surface area contributed by atoms with E-state index in [0.29, 0.717) is 12.2 Å². The van der Waals surface area contributed by atoms with Crippen LogP contribution in [-0.2, 0) is 11.2 Å². The van der Waals surface area contributed by atoms with Crippen LogP contribution in [0.5, 0.6) is 0 Å². The van der Waals surface area contributed by atoms with Crippen molar-refractivity contribution in [1.29, 1.82) is 0 Å². The smallest absolute Gasteiger partial charge is 0.325 e. The van der Waals surface area contributed by atoms with Gasteiger partial charge in [0.15, 0.2) is 0 Å². The molecule has 3 amide bonds. The lowest BCUT2D eigenvalue weighted by atomic mass is 9.89. The maximum atomic E-state index is 13.5. The fraction of sp³-hybridized carbons (Fsp3) is 0.200. The van der Waals surface area contributed by atoms with Crippen LogP contribution < -0.4 is 5.32 Å². The summed E-state index contributed by atoms with van der Waals surface area (Å²) >= 11 is 4.46. The van der Waals surface area contributed by atoms with Crippen LogP contribution >= 0.6 is 12.6 Å². The molecule has 5 heteroatoms. The third-order valence-corrected chi connectivity index (χ3v) is 6.53. The van der Waals surface area contributed by atoms with Gasteiger partial charge in [0.1, 0.15) is 6.04 Å². The Morgan fingerprint density at radius 2 is 1.40 bits per heavy atom. The number of benzene rings is 3. The van der Waals surface area contributed by atoms with Crippen LogP contribution in [-0.4, -0.2) is 34.7 Å². The molecule has 1 aliphatic heterocycles. The Morgan fingerprint density at radius 1 is 0.833 bits per heavy atom. The largest absolute Gasteiger partial charge is 0.325 e. The van der Waals surface area contributed by atoms with Crippen LogP contribution in [0.15, 0.2) is 78.9 Å². The minimum absolute atomic E-state index is 0.175. The molecule has 0 bridgehead atoms. The minimum Gasteiger partial charge on any atom is -0.325 e. The molecule has 1 N–H and O–H groups in total. The van der Waals surface area contributed by atoms with E-state index >= 15 is 0 Å². The molecule has 3 aromatic carbocycles. The minimum atomic E-state index is -0.611. The van der Waals surface area contributed by atoms with E-state index < -0.39 is 6.04 Å². The molecule has 30 heavy (non-hydrogen) atoms. The van der Waals surface area contributed by atoms with Crippen LogP contribution in [0.2, 0.25) is 0 Å². The van der Waals surface area contributed by atoms with Crippen molar-refractivity contribution in [2.45, 2.75) is 24.4 Å². The van der Waals surface area contributed by atoms with E-state index in [9.17, 15) is 9.59 Å². The summed E-state index contributed by atoms with van der Waals surface area (Å²) in [4.78, 5) is 27.8. The van der Waals surface area contributed by atoms with Gasteiger partial charge >= 0.3 is 6.03 Å². The second-order valence-electron chi connectivity index (χ2n) is 7.81. The Morgan fingerprint density at radius 3 is 2.00 bits per heavy atom. The number of nitrogens with zero attached hydrogens (tertiary/aromatic N) is 1. The zero-order valence-electron chi connectivity index (χ0n) is 16.4. The van der Waals surface area contributed by atoms with Crippen LogP contribution in [0.25, 0.3) is 11.1 Å². The number of imide groups is 1. The van der Waals surface area contributed by atoms with Crippen molar-refractivity contribution in [3.8, 4) is 11.1 Å².